The number of carbonyl (C=O) groups excluding carboxylic acids is 3. The minimum Gasteiger partial charge on any atom is -0.365 e. The Morgan fingerprint density at radius 2 is 1.55 bits per heavy atom. The summed E-state index contributed by atoms with van der Waals surface area (Å²) in [4.78, 5) is 43.7. The highest BCUT2D eigenvalue weighted by Crippen LogP contribution is 2.56. The van der Waals surface area contributed by atoms with Crippen LogP contribution in [-0.2, 0) is 4.79 Å². The van der Waals surface area contributed by atoms with Crippen LogP contribution in [0, 0.1) is 17.8 Å². The van der Waals surface area contributed by atoms with E-state index in [1.165, 1.54) is 38.5 Å². The van der Waals surface area contributed by atoms with Crippen molar-refractivity contribution in [2.24, 2.45) is 17.8 Å². The number of nitrogens with one attached hydrogen (secondary N) is 2. The number of hydrogen-bond acceptors (Lipinski definition) is 5. The number of aromatic nitrogens is 1. The summed E-state index contributed by atoms with van der Waals surface area (Å²) in [5.74, 6) is 2.09. The van der Waals surface area contributed by atoms with Gasteiger partial charge in [0.05, 0.1) is 23.0 Å². The fourth-order valence-corrected chi connectivity index (χ4v) is 7.00. The van der Waals surface area contributed by atoms with Gasteiger partial charge in [0.2, 0.25) is 5.91 Å². The van der Waals surface area contributed by atoms with Gasteiger partial charge in [-0.1, -0.05) is 12.1 Å². The van der Waals surface area contributed by atoms with Gasteiger partial charge in [0, 0.05) is 5.54 Å². The van der Waals surface area contributed by atoms with Crippen LogP contribution in [-0.4, -0.2) is 39.2 Å². The molecule has 1 aromatic carbocycles. The predicted octanol–water partition coefficient (Wildman–Crippen LogP) is 4.09. The number of amides is 3. The van der Waals surface area contributed by atoms with Gasteiger partial charge in [-0.15, -0.1) is 0 Å². The third-order valence-corrected chi connectivity index (χ3v) is 8.05. The highest BCUT2D eigenvalue weighted by atomic mass is 16.2. The highest BCUT2D eigenvalue weighted by molar-refractivity contribution is 6.23. The lowest BCUT2D eigenvalue weighted by molar-refractivity contribution is -0.119. The van der Waals surface area contributed by atoms with Crippen LogP contribution < -0.4 is 10.6 Å². The molecule has 2 aromatic rings. The van der Waals surface area contributed by atoms with Crippen LogP contribution in [0.1, 0.15) is 66.2 Å². The maximum absolute atomic E-state index is 12.8. The van der Waals surface area contributed by atoms with Crippen molar-refractivity contribution in [3.05, 3.63) is 53.7 Å². The Labute approximate surface area is 193 Å². The molecular weight excluding hydrogens is 416 g/mol. The Kier molecular flexibility index (Phi) is 4.57. The third-order valence-electron chi connectivity index (χ3n) is 8.05. The fourth-order valence-electron chi connectivity index (χ4n) is 7.00. The summed E-state index contributed by atoms with van der Waals surface area (Å²) < 4.78 is 0. The maximum atomic E-state index is 12.8. The number of fused-ring (bicyclic) bond motifs is 1. The summed E-state index contributed by atoms with van der Waals surface area (Å²) in [5.41, 5.74) is 1.39. The third kappa shape index (κ3) is 3.41. The fraction of sp³-hybridized carbons (Fsp3) is 0.462. The van der Waals surface area contributed by atoms with Crippen LogP contribution in [0.5, 0.6) is 0 Å². The zero-order valence-electron chi connectivity index (χ0n) is 18.7. The van der Waals surface area contributed by atoms with Gasteiger partial charge in [0.15, 0.2) is 0 Å². The van der Waals surface area contributed by atoms with Crippen LogP contribution in [0.15, 0.2) is 42.6 Å². The van der Waals surface area contributed by atoms with Crippen molar-refractivity contribution in [3.8, 4) is 0 Å². The Bertz CT molecular complexity index is 1070. The number of pyridine rings is 1. The van der Waals surface area contributed by atoms with Crippen LogP contribution in [0.3, 0.4) is 0 Å². The van der Waals surface area contributed by atoms with Crippen molar-refractivity contribution in [2.45, 2.75) is 57.0 Å². The van der Waals surface area contributed by atoms with Crippen LogP contribution >= 0.6 is 0 Å². The molecule has 5 aliphatic rings. The van der Waals surface area contributed by atoms with E-state index < -0.39 is 23.8 Å². The summed E-state index contributed by atoms with van der Waals surface area (Å²) in [5, 5.41) is 6.53. The molecule has 7 heteroatoms. The molecule has 4 aliphatic carbocycles. The first-order valence-electron chi connectivity index (χ1n) is 11.9. The molecule has 4 bridgehead atoms. The number of nitrogens with zero attached hydrogens (tertiary/aromatic N) is 2. The maximum Gasteiger partial charge on any atom is 0.262 e. The summed E-state index contributed by atoms with van der Waals surface area (Å²) in [6, 6.07) is 9.44. The van der Waals surface area contributed by atoms with Gasteiger partial charge < -0.3 is 10.6 Å². The minimum absolute atomic E-state index is 0.173. The molecule has 170 valence electrons. The Hall–Kier alpha value is -3.22. The van der Waals surface area contributed by atoms with E-state index in [0.29, 0.717) is 16.8 Å². The number of benzene rings is 1. The second-order valence-electron chi connectivity index (χ2n) is 10.4. The second kappa shape index (κ2) is 7.40. The predicted molar refractivity (Wildman–Crippen MR) is 124 cm³/mol. The van der Waals surface area contributed by atoms with Crippen molar-refractivity contribution in [1.82, 2.24) is 9.88 Å². The molecule has 4 fully saturated rings. The molecular formula is C26H28N4O3. The van der Waals surface area contributed by atoms with Gasteiger partial charge in [-0.3, -0.25) is 19.3 Å². The molecule has 2 heterocycles. The van der Waals surface area contributed by atoms with Crippen LogP contribution in [0.2, 0.25) is 0 Å². The average Bonchev–Trinajstić information content (AvgIpc) is 3.04. The van der Waals surface area contributed by atoms with E-state index >= 15 is 0 Å². The van der Waals surface area contributed by atoms with Gasteiger partial charge >= 0.3 is 0 Å². The molecule has 7 rings (SSSR count). The van der Waals surface area contributed by atoms with Gasteiger partial charge in [-0.2, -0.15) is 0 Å². The number of rotatable bonds is 5. The minimum atomic E-state index is -0.928. The van der Waals surface area contributed by atoms with Crippen LogP contribution in [0.25, 0.3) is 0 Å². The van der Waals surface area contributed by atoms with Crippen molar-refractivity contribution in [1.29, 1.82) is 0 Å². The topological polar surface area (TPSA) is 91.4 Å². The Morgan fingerprint density at radius 1 is 0.970 bits per heavy atom. The van der Waals surface area contributed by atoms with E-state index in [4.69, 9.17) is 0 Å². The van der Waals surface area contributed by atoms with E-state index in [1.807, 2.05) is 12.1 Å². The lowest BCUT2D eigenvalue weighted by Crippen LogP contribution is -2.54. The Morgan fingerprint density at radius 3 is 2.06 bits per heavy atom. The summed E-state index contributed by atoms with van der Waals surface area (Å²) in [6.07, 6.45) is 9.51. The molecule has 1 atom stereocenters. The van der Waals surface area contributed by atoms with E-state index in [9.17, 15) is 14.4 Å². The Balaban J connectivity index is 1.11. The molecule has 1 aromatic heterocycles. The number of imide groups is 1. The molecule has 33 heavy (non-hydrogen) atoms. The van der Waals surface area contributed by atoms with E-state index in [2.05, 4.69) is 15.6 Å². The number of carbonyl (C=O) groups is 3. The molecule has 0 saturated heterocycles. The second-order valence-corrected chi connectivity index (χ2v) is 10.4. The lowest BCUT2D eigenvalue weighted by atomic mass is 9.53. The first kappa shape index (κ1) is 20.4. The summed E-state index contributed by atoms with van der Waals surface area (Å²) in [6.45, 7) is 1.56. The van der Waals surface area contributed by atoms with Gasteiger partial charge in [0.1, 0.15) is 11.9 Å². The molecule has 0 radical (unpaired) electrons. The highest BCUT2D eigenvalue weighted by Gasteiger charge is 2.51. The van der Waals surface area contributed by atoms with Gasteiger partial charge in [0.25, 0.3) is 11.8 Å². The largest absolute Gasteiger partial charge is 0.365 e. The average molecular weight is 445 g/mol. The monoisotopic (exact) mass is 444 g/mol. The van der Waals surface area contributed by atoms with Gasteiger partial charge in [-0.25, -0.2) is 4.98 Å². The van der Waals surface area contributed by atoms with Gasteiger partial charge in [-0.05, 0) is 87.5 Å². The SMILES string of the molecule is CC(C(=O)Nc1ccc(NC23CC4CC(CC(C4)C2)C3)nc1)N1C(=O)c2ccccc2C1=O. The molecule has 2 N–H and O–H groups in total. The smallest absolute Gasteiger partial charge is 0.262 e. The lowest BCUT2D eigenvalue weighted by Gasteiger charge is -2.57. The standard InChI is InChI=1S/C26H28N4O3/c1-15(30-24(32)20-4-2-3-5-21(20)25(30)33)23(31)28-19-6-7-22(27-14-19)29-26-11-16-8-17(12-26)10-18(9-16)13-26/h2-7,14-18H,8-13H2,1H3,(H,27,29)(H,28,31). The quantitative estimate of drug-likeness (QED) is 0.678. The first-order chi connectivity index (χ1) is 15.9. The molecule has 7 nitrogen and oxygen atoms in total. The van der Waals surface area contributed by atoms with Crippen LogP contribution in [0.4, 0.5) is 11.5 Å². The van der Waals surface area contributed by atoms with E-state index in [-0.39, 0.29) is 5.54 Å². The molecule has 3 amide bonds. The van der Waals surface area contributed by atoms with E-state index in [0.717, 1.165) is 28.5 Å². The van der Waals surface area contributed by atoms with Crippen molar-refractivity contribution < 1.29 is 14.4 Å². The number of anilines is 2. The normalized spacial score (nSPS) is 30.3. The first-order valence-corrected chi connectivity index (χ1v) is 11.9. The molecule has 1 aliphatic heterocycles. The van der Waals surface area contributed by atoms with Crippen molar-refractivity contribution in [3.63, 3.8) is 0 Å². The van der Waals surface area contributed by atoms with E-state index in [1.54, 1.807) is 37.4 Å². The number of hydrogen-bond donors (Lipinski definition) is 2. The van der Waals surface area contributed by atoms with Crippen molar-refractivity contribution >= 4 is 29.2 Å². The molecule has 0 spiro atoms. The zero-order chi connectivity index (χ0) is 22.7. The van der Waals surface area contributed by atoms with Crippen molar-refractivity contribution in [2.75, 3.05) is 10.6 Å². The molecule has 1 unspecified atom stereocenters. The summed E-state index contributed by atoms with van der Waals surface area (Å²) >= 11 is 0. The zero-order valence-corrected chi connectivity index (χ0v) is 18.7. The summed E-state index contributed by atoms with van der Waals surface area (Å²) in [7, 11) is 0. The molecule has 4 saturated carbocycles.